The summed E-state index contributed by atoms with van der Waals surface area (Å²) in [4.78, 5) is 3.89. The van der Waals surface area contributed by atoms with Crippen molar-refractivity contribution >= 4 is 5.96 Å². The van der Waals surface area contributed by atoms with Crippen LogP contribution in [0.4, 0.5) is 13.2 Å². The summed E-state index contributed by atoms with van der Waals surface area (Å²) in [7, 11) is 1.55. The lowest BCUT2D eigenvalue weighted by atomic mass is 10.1. The fourth-order valence-electron chi connectivity index (χ4n) is 1.40. The topological polar surface area (TPSA) is 36.4 Å². The third-order valence-electron chi connectivity index (χ3n) is 2.30. The number of rotatable bonds is 3. The monoisotopic (exact) mass is 269 g/mol. The Labute approximate surface area is 109 Å². The van der Waals surface area contributed by atoms with Gasteiger partial charge in [0.05, 0.1) is 12.1 Å². The zero-order chi connectivity index (χ0) is 14.3. The van der Waals surface area contributed by atoms with Crippen molar-refractivity contribution in [2.75, 3.05) is 13.6 Å². The summed E-state index contributed by atoms with van der Waals surface area (Å²) in [6.45, 7) is 0.524. The Hall–Kier alpha value is -2.16. The van der Waals surface area contributed by atoms with Crippen LogP contribution in [0.15, 0.2) is 29.3 Å². The molecule has 3 nitrogen and oxygen atoms in total. The van der Waals surface area contributed by atoms with Crippen molar-refractivity contribution in [2.24, 2.45) is 4.99 Å². The molecule has 0 saturated carbocycles. The van der Waals surface area contributed by atoms with Gasteiger partial charge in [-0.1, -0.05) is 18.1 Å². The van der Waals surface area contributed by atoms with E-state index in [2.05, 4.69) is 21.5 Å². The van der Waals surface area contributed by atoms with Crippen LogP contribution in [-0.4, -0.2) is 19.6 Å². The largest absolute Gasteiger partial charge is 0.416 e. The minimum absolute atomic E-state index is 0.230. The Morgan fingerprint density at radius 1 is 1.37 bits per heavy atom. The standard InChI is InChI=1S/C13H14F3N3/c1-3-7-18-12(17-2)19-9-10-5-4-6-11(8-10)13(14,15)16/h1,4-6,8H,7,9H2,2H3,(H2,17,18,19). The number of hydrogen-bond donors (Lipinski definition) is 2. The maximum atomic E-state index is 12.5. The van der Waals surface area contributed by atoms with E-state index in [-0.39, 0.29) is 6.54 Å². The third-order valence-corrected chi connectivity index (χ3v) is 2.30. The lowest BCUT2D eigenvalue weighted by Gasteiger charge is -2.12. The van der Waals surface area contributed by atoms with E-state index in [4.69, 9.17) is 6.42 Å². The molecule has 0 aliphatic heterocycles. The van der Waals surface area contributed by atoms with Crippen molar-refractivity contribution < 1.29 is 13.2 Å². The van der Waals surface area contributed by atoms with E-state index in [1.165, 1.54) is 6.07 Å². The van der Waals surface area contributed by atoms with Crippen LogP contribution < -0.4 is 10.6 Å². The summed E-state index contributed by atoms with van der Waals surface area (Å²) in [6, 6.07) is 5.12. The van der Waals surface area contributed by atoms with Gasteiger partial charge in [-0.15, -0.1) is 6.42 Å². The molecule has 0 bridgehead atoms. The second-order valence-electron chi connectivity index (χ2n) is 3.68. The number of hydrogen-bond acceptors (Lipinski definition) is 1. The lowest BCUT2D eigenvalue weighted by Crippen LogP contribution is -2.36. The molecule has 0 heterocycles. The van der Waals surface area contributed by atoms with Gasteiger partial charge < -0.3 is 10.6 Å². The van der Waals surface area contributed by atoms with E-state index in [1.54, 1.807) is 13.1 Å². The molecule has 0 aliphatic carbocycles. The summed E-state index contributed by atoms with van der Waals surface area (Å²) in [5.41, 5.74) is -0.156. The molecule has 0 aliphatic rings. The van der Waals surface area contributed by atoms with Crippen LogP contribution in [0.3, 0.4) is 0 Å². The van der Waals surface area contributed by atoms with Crippen molar-refractivity contribution in [1.29, 1.82) is 0 Å². The van der Waals surface area contributed by atoms with Gasteiger partial charge in [0.1, 0.15) is 0 Å². The first-order valence-electron chi connectivity index (χ1n) is 5.51. The summed E-state index contributed by atoms with van der Waals surface area (Å²) >= 11 is 0. The Balaban J connectivity index is 2.66. The number of nitrogens with zero attached hydrogens (tertiary/aromatic N) is 1. The number of guanidine groups is 1. The van der Waals surface area contributed by atoms with Gasteiger partial charge in [0.25, 0.3) is 0 Å². The van der Waals surface area contributed by atoms with Crippen LogP contribution in [0.25, 0.3) is 0 Å². The molecule has 1 rings (SSSR count). The highest BCUT2D eigenvalue weighted by Crippen LogP contribution is 2.29. The molecule has 0 spiro atoms. The first kappa shape index (κ1) is 14.9. The van der Waals surface area contributed by atoms with E-state index in [9.17, 15) is 13.2 Å². The molecule has 1 aromatic carbocycles. The maximum Gasteiger partial charge on any atom is 0.416 e. The van der Waals surface area contributed by atoms with Crippen molar-refractivity contribution in [3.05, 3.63) is 35.4 Å². The SMILES string of the molecule is C#CCNC(=NC)NCc1cccc(C(F)(F)F)c1. The second-order valence-corrected chi connectivity index (χ2v) is 3.68. The third kappa shape index (κ3) is 4.92. The summed E-state index contributed by atoms with van der Waals surface area (Å²) in [5.74, 6) is 2.82. The molecule has 0 atom stereocenters. The number of nitrogens with one attached hydrogen (secondary N) is 2. The number of terminal acetylenes is 1. The minimum atomic E-state index is -4.33. The Kier molecular flexibility index (Phi) is 5.24. The molecule has 19 heavy (non-hydrogen) atoms. The average molecular weight is 269 g/mol. The van der Waals surface area contributed by atoms with Gasteiger partial charge in [-0.05, 0) is 17.7 Å². The van der Waals surface area contributed by atoms with Gasteiger partial charge in [-0.3, -0.25) is 4.99 Å². The Morgan fingerprint density at radius 3 is 2.68 bits per heavy atom. The zero-order valence-electron chi connectivity index (χ0n) is 10.4. The van der Waals surface area contributed by atoms with Crippen LogP contribution in [-0.2, 0) is 12.7 Å². The quantitative estimate of drug-likeness (QED) is 0.500. The number of aliphatic imine (C=N–C) groups is 1. The van der Waals surface area contributed by atoms with Crippen molar-refractivity contribution in [3.8, 4) is 12.3 Å². The summed E-state index contributed by atoms with van der Waals surface area (Å²) < 4.78 is 37.6. The van der Waals surface area contributed by atoms with E-state index in [1.807, 2.05) is 0 Å². The molecule has 0 saturated heterocycles. The van der Waals surface area contributed by atoms with Gasteiger partial charge >= 0.3 is 6.18 Å². The predicted octanol–water partition coefficient (Wildman–Crippen LogP) is 2.00. The first-order valence-corrected chi connectivity index (χ1v) is 5.51. The van der Waals surface area contributed by atoms with Gasteiger partial charge in [0.15, 0.2) is 5.96 Å². The molecule has 0 amide bonds. The van der Waals surface area contributed by atoms with Gasteiger partial charge in [-0.25, -0.2) is 0 Å². The number of benzene rings is 1. The van der Waals surface area contributed by atoms with Gasteiger partial charge in [0.2, 0.25) is 0 Å². The first-order chi connectivity index (χ1) is 8.97. The highest BCUT2D eigenvalue weighted by atomic mass is 19.4. The van der Waals surface area contributed by atoms with Crippen LogP contribution in [0.1, 0.15) is 11.1 Å². The van der Waals surface area contributed by atoms with Crippen molar-refractivity contribution in [1.82, 2.24) is 10.6 Å². The molecule has 102 valence electrons. The van der Waals surface area contributed by atoms with Crippen LogP contribution >= 0.6 is 0 Å². The molecule has 0 fully saturated rings. The summed E-state index contributed by atoms with van der Waals surface area (Å²) in [6.07, 6.45) is 0.752. The molecular weight excluding hydrogens is 255 g/mol. The van der Waals surface area contributed by atoms with E-state index < -0.39 is 11.7 Å². The fourth-order valence-corrected chi connectivity index (χ4v) is 1.40. The summed E-state index contributed by atoms with van der Waals surface area (Å²) in [5, 5.41) is 5.69. The molecule has 2 N–H and O–H groups in total. The minimum Gasteiger partial charge on any atom is -0.352 e. The van der Waals surface area contributed by atoms with Crippen molar-refractivity contribution in [2.45, 2.75) is 12.7 Å². The van der Waals surface area contributed by atoms with Crippen LogP contribution in [0.5, 0.6) is 0 Å². The Bertz CT molecular complexity index is 487. The highest BCUT2D eigenvalue weighted by molar-refractivity contribution is 5.79. The molecular formula is C13H14F3N3. The normalized spacial score (nSPS) is 11.8. The van der Waals surface area contributed by atoms with Crippen molar-refractivity contribution in [3.63, 3.8) is 0 Å². The number of alkyl halides is 3. The van der Waals surface area contributed by atoms with E-state index in [0.29, 0.717) is 18.1 Å². The number of halogens is 3. The molecule has 1 aromatic rings. The van der Waals surface area contributed by atoms with E-state index >= 15 is 0 Å². The highest BCUT2D eigenvalue weighted by Gasteiger charge is 2.30. The fraction of sp³-hybridized carbons (Fsp3) is 0.308. The predicted molar refractivity (Wildman–Crippen MR) is 68.5 cm³/mol. The maximum absolute atomic E-state index is 12.5. The smallest absolute Gasteiger partial charge is 0.352 e. The average Bonchev–Trinajstić information content (AvgIpc) is 2.38. The van der Waals surface area contributed by atoms with Crippen LogP contribution in [0, 0.1) is 12.3 Å². The zero-order valence-corrected chi connectivity index (χ0v) is 10.4. The van der Waals surface area contributed by atoms with Gasteiger partial charge in [-0.2, -0.15) is 13.2 Å². The molecule has 0 aromatic heterocycles. The lowest BCUT2D eigenvalue weighted by molar-refractivity contribution is -0.137. The molecule has 6 heteroatoms. The Morgan fingerprint density at radius 2 is 2.11 bits per heavy atom. The molecule has 0 unspecified atom stereocenters. The van der Waals surface area contributed by atoms with E-state index in [0.717, 1.165) is 12.1 Å². The van der Waals surface area contributed by atoms with Gasteiger partial charge in [0, 0.05) is 13.6 Å². The second kappa shape index (κ2) is 6.69. The molecule has 0 radical (unpaired) electrons. The van der Waals surface area contributed by atoms with Crippen LogP contribution in [0.2, 0.25) is 0 Å².